The molecule has 0 aliphatic rings. The molecule has 50 valence electrons. The topological polar surface area (TPSA) is 86.2 Å². The van der Waals surface area contributed by atoms with Crippen LogP contribution in [0.1, 0.15) is 15.7 Å². The summed E-state index contributed by atoms with van der Waals surface area (Å²) in [6.45, 7) is 0. The maximum Gasteiger partial charge on any atom is 1.00 e. The minimum Gasteiger partial charge on any atom is -1.00 e. The van der Waals surface area contributed by atoms with Gasteiger partial charge < -0.3 is 14.3 Å². The van der Waals surface area contributed by atoms with Crippen LogP contribution < -0.4 is 70.6 Å². The first-order valence-corrected chi connectivity index (χ1v) is 2.19. The van der Waals surface area contributed by atoms with Crippen molar-refractivity contribution in [2.24, 2.45) is 11.5 Å². The molecule has 0 rings (SSSR count). The normalized spacial score (nSPS) is 6.80. The number of nitrogens with two attached hydrogens (primary N) is 2. The Kier molecular flexibility index (Phi) is 17.0. The minimum atomic E-state index is -0.496. The van der Waals surface area contributed by atoms with Crippen molar-refractivity contribution in [3.05, 3.63) is 0 Å². The van der Waals surface area contributed by atoms with E-state index in [0.29, 0.717) is 0 Å². The summed E-state index contributed by atoms with van der Waals surface area (Å²) in [5.41, 5.74) is 9.39. The molecule has 0 saturated heterocycles. The fourth-order valence-electron chi connectivity index (χ4n) is 0.246. The zero-order chi connectivity index (χ0) is 6.57. The van der Waals surface area contributed by atoms with Gasteiger partial charge in [-0.3, -0.25) is 9.59 Å². The van der Waals surface area contributed by atoms with E-state index < -0.39 is 11.8 Å². The summed E-state index contributed by atoms with van der Waals surface area (Å²) >= 11 is 0. The average molecular weight is 164 g/mol. The van der Waals surface area contributed by atoms with Gasteiger partial charge in [-0.25, -0.2) is 0 Å². The Morgan fingerprint density at radius 1 is 1.00 bits per heavy atom. The standard InChI is InChI=1S/C4H8N2O2.2Na.2H/c5-3(7)1-2-4(6)8;;;;/h1-2H2,(H2,5,7)(H2,6,8);;;;/q;2*+1;2*-1. The van der Waals surface area contributed by atoms with Crippen LogP contribution >= 0.6 is 0 Å². The molecule has 0 bridgehead atoms. The molecule has 0 aliphatic carbocycles. The second-order valence-corrected chi connectivity index (χ2v) is 1.43. The second kappa shape index (κ2) is 9.94. The van der Waals surface area contributed by atoms with Crippen molar-refractivity contribution in [3.63, 3.8) is 0 Å². The molecule has 4 N–H and O–H groups in total. The molecule has 10 heavy (non-hydrogen) atoms. The number of carbonyl (C=O) groups is 2. The van der Waals surface area contributed by atoms with Crippen molar-refractivity contribution in [2.45, 2.75) is 12.8 Å². The number of rotatable bonds is 3. The first-order valence-electron chi connectivity index (χ1n) is 2.19. The van der Waals surface area contributed by atoms with Crippen LogP contribution in [0.4, 0.5) is 0 Å². The monoisotopic (exact) mass is 164 g/mol. The SMILES string of the molecule is NC(=O)CCC(N)=O.[H-].[H-].[Na+].[Na+]. The van der Waals surface area contributed by atoms with Gasteiger partial charge in [0.2, 0.25) is 11.8 Å². The van der Waals surface area contributed by atoms with E-state index >= 15 is 0 Å². The predicted molar refractivity (Wildman–Crippen MR) is 29.8 cm³/mol. The van der Waals surface area contributed by atoms with E-state index in [0.717, 1.165) is 0 Å². The number of hydrogen-bond acceptors (Lipinski definition) is 2. The van der Waals surface area contributed by atoms with E-state index in [1.165, 1.54) is 0 Å². The molecule has 0 atom stereocenters. The van der Waals surface area contributed by atoms with Gasteiger partial charge in [-0.05, 0) is 0 Å². The Bertz CT molecular complexity index is 112. The number of carbonyl (C=O) groups excluding carboxylic acids is 2. The summed E-state index contributed by atoms with van der Waals surface area (Å²) in [7, 11) is 0. The van der Waals surface area contributed by atoms with E-state index in [1.54, 1.807) is 0 Å². The van der Waals surface area contributed by atoms with Crippen LogP contribution in [0.25, 0.3) is 0 Å². The van der Waals surface area contributed by atoms with Gasteiger partial charge in [-0.15, -0.1) is 0 Å². The van der Waals surface area contributed by atoms with Gasteiger partial charge in [0.1, 0.15) is 0 Å². The number of hydrogen-bond donors (Lipinski definition) is 2. The third-order valence-corrected chi connectivity index (χ3v) is 0.618. The molecule has 0 unspecified atom stereocenters. The Balaban J connectivity index is -0.0000000408. The first-order chi connectivity index (χ1) is 3.63. The molecule has 0 aliphatic heterocycles. The van der Waals surface area contributed by atoms with Crippen LogP contribution in [0.5, 0.6) is 0 Å². The zero-order valence-electron chi connectivity index (χ0n) is 8.39. The maximum absolute atomic E-state index is 9.92. The van der Waals surface area contributed by atoms with E-state index in [-0.39, 0.29) is 74.8 Å². The van der Waals surface area contributed by atoms with Crippen molar-refractivity contribution in [1.82, 2.24) is 0 Å². The molecule has 0 aromatic rings. The smallest absolute Gasteiger partial charge is 1.00 e. The quantitative estimate of drug-likeness (QED) is 0.406. The van der Waals surface area contributed by atoms with E-state index in [2.05, 4.69) is 0 Å². The van der Waals surface area contributed by atoms with E-state index in [9.17, 15) is 9.59 Å². The molecule has 0 radical (unpaired) electrons. The van der Waals surface area contributed by atoms with Gasteiger partial charge in [0.05, 0.1) is 0 Å². The van der Waals surface area contributed by atoms with E-state index in [4.69, 9.17) is 11.5 Å². The largest absolute Gasteiger partial charge is 1.00 e. The molecule has 0 aromatic carbocycles. The molecule has 2 amide bonds. The molecule has 0 heterocycles. The summed E-state index contributed by atoms with van der Waals surface area (Å²) in [4.78, 5) is 19.8. The summed E-state index contributed by atoms with van der Waals surface area (Å²) in [6, 6.07) is 0. The first kappa shape index (κ1) is 17.1. The number of amides is 2. The minimum absolute atomic E-state index is 0. The third kappa shape index (κ3) is 16.0. The Labute approximate surface area is 107 Å². The van der Waals surface area contributed by atoms with Gasteiger partial charge in [0.25, 0.3) is 0 Å². The van der Waals surface area contributed by atoms with Crippen LogP contribution in [0, 0.1) is 0 Å². The van der Waals surface area contributed by atoms with Gasteiger partial charge in [0.15, 0.2) is 0 Å². The Morgan fingerprint density at radius 3 is 1.30 bits per heavy atom. The third-order valence-electron chi connectivity index (χ3n) is 0.618. The summed E-state index contributed by atoms with van der Waals surface area (Å²) < 4.78 is 0. The summed E-state index contributed by atoms with van der Waals surface area (Å²) in [6.07, 6.45) is 0.102. The Hall–Kier alpha value is 0.940. The molecular formula is C4H10N2Na2O2. The van der Waals surface area contributed by atoms with Crippen molar-refractivity contribution in [3.8, 4) is 0 Å². The maximum atomic E-state index is 9.92. The van der Waals surface area contributed by atoms with E-state index in [1.807, 2.05) is 0 Å². The molecule has 0 fully saturated rings. The second-order valence-electron chi connectivity index (χ2n) is 1.43. The zero-order valence-corrected chi connectivity index (χ0v) is 10.4. The fraction of sp³-hybridized carbons (Fsp3) is 0.500. The van der Waals surface area contributed by atoms with Crippen molar-refractivity contribution < 1.29 is 71.6 Å². The number of primary amides is 2. The molecule has 0 spiro atoms. The van der Waals surface area contributed by atoms with Crippen molar-refractivity contribution >= 4 is 11.8 Å². The van der Waals surface area contributed by atoms with Crippen LogP contribution in [0.3, 0.4) is 0 Å². The molecule has 6 heteroatoms. The molecular weight excluding hydrogens is 154 g/mol. The van der Waals surface area contributed by atoms with Crippen LogP contribution in [-0.2, 0) is 9.59 Å². The predicted octanol–water partition coefficient (Wildman–Crippen LogP) is -7.03. The van der Waals surface area contributed by atoms with Gasteiger partial charge in [0, 0.05) is 12.8 Å². The van der Waals surface area contributed by atoms with Crippen LogP contribution in [0.2, 0.25) is 0 Å². The Morgan fingerprint density at radius 2 is 1.20 bits per heavy atom. The fourth-order valence-corrected chi connectivity index (χ4v) is 0.246. The summed E-state index contributed by atoms with van der Waals surface area (Å²) in [5.74, 6) is -0.993. The average Bonchev–Trinajstić information content (AvgIpc) is 1.61. The van der Waals surface area contributed by atoms with Gasteiger partial charge in [-0.2, -0.15) is 0 Å². The molecule has 0 aromatic heterocycles. The van der Waals surface area contributed by atoms with Crippen LogP contribution in [0.15, 0.2) is 0 Å². The van der Waals surface area contributed by atoms with Crippen molar-refractivity contribution in [1.29, 1.82) is 0 Å². The molecule has 4 nitrogen and oxygen atoms in total. The van der Waals surface area contributed by atoms with Gasteiger partial charge in [-0.1, -0.05) is 0 Å². The van der Waals surface area contributed by atoms with Crippen LogP contribution in [-0.4, -0.2) is 11.8 Å². The molecule has 0 saturated carbocycles. The van der Waals surface area contributed by atoms with Gasteiger partial charge >= 0.3 is 59.1 Å². The summed E-state index contributed by atoms with van der Waals surface area (Å²) in [5, 5.41) is 0. The van der Waals surface area contributed by atoms with Crippen molar-refractivity contribution in [2.75, 3.05) is 0 Å².